The van der Waals surface area contributed by atoms with Crippen LogP contribution in [0.4, 0.5) is 0 Å². The van der Waals surface area contributed by atoms with Gasteiger partial charge in [-0.1, -0.05) is 31.4 Å². The second-order valence-corrected chi connectivity index (χ2v) is 8.72. The quantitative estimate of drug-likeness (QED) is 0.735. The fourth-order valence-corrected chi connectivity index (χ4v) is 4.77. The molecule has 2 aliphatic rings. The molecule has 0 spiro atoms. The third-order valence-corrected chi connectivity index (χ3v) is 6.52. The van der Waals surface area contributed by atoms with Gasteiger partial charge in [-0.05, 0) is 37.8 Å². The van der Waals surface area contributed by atoms with E-state index in [1.807, 2.05) is 29.2 Å². The summed E-state index contributed by atoms with van der Waals surface area (Å²) in [5, 5.41) is 6.44. The Hall–Kier alpha value is -1.53. The van der Waals surface area contributed by atoms with Crippen LogP contribution in [-0.2, 0) is 4.79 Å². The van der Waals surface area contributed by atoms with Gasteiger partial charge in [0.1, 0.15) is 0 Å². The van der Waals surface area contributed by atoms with Gasteiger partial charge in [-0.25, -0.2) is 0 Å². The lowest BCUT2D eigenvalue weighted by Crippen LogP contribution is -2.51. The normalized spacial score (nSPS) is 21.1. The summed E-state index contributed by atoms with van der Waals surface area (Å²) in [7, 11) is 0. The molecule has 6 heteroatoms. The average Bonchev–Trinajstić information content (AvgIpc) is 2.71. The van der Waals surface area contributed by atoms with Crippen molar-refractivity contribution < 1.29 is 9.59 Å². The Morgan fingerprint density at radius 3 is 2.78 bits per heavy atom. The molecular weight excluding hydrogens is 358 g/mol. The van der Waals surface area contributed by atoms with E-state index in [-0.39, 0.29) is 11.8 Å². The number of hydrogen-bond acceptors (Lipinski definition) is 4. The Balaban J connectivity index is 1.52. The molecule has 1 saturated heterocycles. The Labute approximate surface area is 166 Å². The van der Waals surface area contributed by atoms with Crippen molar-refractivity contribution in [3.8, 4) is 0 Å². The first kappa shape index (κ1) is 20.2. The number of amides is 2. The largest absolute Gasteiger partial charge is 0.355 e. The highest BCUT2D eigenvalue weighted by Gasteiger charge is 2.23. The molecule has 0 bridgehead atoms. The van der Waals surface area contributed by atoms with Crippen LogP contribution in [0, 0.1) is 5.92 Å². The summed E-state index contributed by atoms with van der Waals surface area (Å²) in [4.78, 5) is 28.0. The molecule has 2 fully saturated rings. The highest BCUT2D eigenvalue weighted by Crippen LogP contribution is 2.25. The summed E-state index contributed by atoms with van der Waals surface area (Å²) in [5.41, 5.74) is 0.705. The molecule has 148 valence electrons. The monoisotopic (exact) mass is 389 g/mol. The highest BCUT2D eigenvalue weighted by atomic mass is 32.2. The minimum Gasteiger partial charge on any atom is -0.355 e. The van der Waals surface area contributed by atoms with E-state index in [4.69, 9.17) is 0 Å². The predicted octanol–water partition coefficient (Wildman–Crippen LogP) is 2.91. The van der Waals surface area contributed by atoms with Gasteiger partial charge in [0.25, 0.3) is 5.91 Å². The highest BCUT2D eigenvalue weighted by molar-refractivity contribution is 8.00. The molecule has 27 heavy (non-hydrogen) atoms. The standard InChI is InChI=1S/C21H31N3O2S/c1-16-14-24(12-11-22-16)21(26)18-9-5-6-10-19(18)27-15-20(25)23-13-17-7-3-2-4-8-17/h5-6,9-10,16-17,22H,2-4,7-8,11-15H2,1H3,(H,23,25). The Morgan fingerprint density at radius 1 is 1.22 bits per heavy atom. The minimum absolute atomic E-state index is 0.0589. The summed E-state index contributed by atoms with van der Waals surface area (Å²) < 4.78 is 0. The Morgan fingerprint density at radius 2 is 2.00 bits per heavy atom. The van der Waals surface area contributed by atoms with Crippen molar-refractivity contribution in [1.82, 2.24) is 15.5 Å². The van der Waals surface area contributed by atoms with Crippen molar-refractivity contribution in [1.29, 1.82) is 0 Å². The Bertz CT molecular complexity index is 646. The van der Waals surface area contributed by atoms with Crippen LogP contribution in [0.2, 0.25) is 0 Å². The van der Waals surface area contributed by atoms with E-state index in [0.717, 1.165) is 31.1 Å². The zero-order valence-electron chi connectivity index (χ0n) is 16.2. The number of piperazine rings is 1. The first-order valence-electron chi connectivity index (χ1n) is 10.1. The van der Waals surface area contributed by atoms with Crippen molar-refractivity contribution in [3.05, 3.63) is 29.8 Å². The molecule has 1 saturated carbocycles. The van der Waals surface area contributed by atoms with E-state index in [0.29, 0.717) is 23.3 Å². The van der Waals surface area contributed by atoms with Crippen LogP contribution in [0.3, 0.4) is 0 Å². The second-order valence-electron chi connectivity index (χ2n) is 7.70. The van der Waals surface area contributed by atoms with Crippen molar-refractivity contribution in [2.24, 2.45) is 5.92 Å². The number of hydrogen-bond donors (Lipinski definition) is 2. The number of rotatable bonds is 6. The zero-order valence-corrected chi connectivity index (χ0v) is 17.0. The lowest BCUT2D eigenvalue weighted by atomic mass is 9.89. The van der Waals surface area contributed by atoms with Gasteiger partial charge in [0, 0.05) is 37.1 Å². The molecule has 1 aromatic rings. The Kier molecular flexibility index (Phi) is 7.59. The number of thioether (sulfide) groups is 1. The topological polar surface area (TPSA) is 61.4 Å². The van der Waals surface area contributed by atoms with Crippen LogP contribution in [0.1, 0.15) is 49.4 Å². The van der Waals surface area contributed by atoms with Gasteiger partial charge in [0.05, 0.1) is 11.3 Å². The number of nitrogens with one attached hydrogen (secondary N) is 2. The maximum atomic E-state index is 12.9. The molecule has 1 aromatic carbocycles. The summed E-state index contributed by atoms with van der Waals surface area (Å²) >= 11 is 1.46. The first-order valence-corrected chi connectivity index (χ1v) is 11.1. The lowest BCUT2D eigenvalue weighted by Gasteiger charge is -2.32. The van der Waals surface area contributed by atoms with Crippen LogP contribution in [0.5, 0.6) is 0 Å². The first-order chi connectivity index (χ1) is 13.1. The third kappa shape index (κ3) is 5.98. The second kappa shape index (κ2) is 10.1. The third-order valence-electron chi connectivity index (χ3n) is 5.44. The molecule has 0 aromatic heterocycles. The maximum Gasteiger partial charge on any atom is 0.255 e. The van der Waals surface area contributed by atoms with Gasteiger partial charge in [0.15, 0.2) is 0 Å². The smallest absolute Gasteiger partial charge is 0.255 e. The lowest BCUT2D eigenvalue weighted by molar-refractivity contribution is -0.118. The van der Waals surface area contributed by atoms with Gasteiger partial charge in [-0.15, -0.1) is 11.8 Å². The van der Waals surface area contributed by atoms with Gasteiger partial charge < -0.3 is 15.5 Å². The van der Waals surface area contributed by atoms with E-state index in [1.54, 1.807) is 0 Å². The van der Waals surface area contributed by atoms with E-state index < -0.39 is 0 Å². The van der Waals surface area contributed by atoms with E-state index in [9.17, 15) is 9.59 Å². The van der Waals surface area contributed by atoms with Crippen LogP contribution in [0.15, 0.2) is 29.2 Å². The van der Waals surface area contributed by atoms with Crippen molar-refractivity contribution >= 4 is 23.6 Å². The van der Waals surface area contributed by atoms with Crippen molar-refractivity contribution in [2.75, 3.05) is 31.9 Å². The number of carbonyl (C=O) groups excluding carboxylic acids is 2. The molecule has 1 aliphatic heterocycles. The van der Waals surface area contributed by atoms with Gasteiger partial charge in [-0.2, -0.15) is 0 Å². The number of nitrogens with zero attached hydrogens (tertiary/aromatic N) is 1. The molecule has 2 amide bonds. The van der Waals surface area contributed by atoms with Crippen molar-refractivity contribution in [2.45, 2.75) is 50.0 Å². The number of carbonyl (C=O) groups is 2. The summed E-state index contributed by atoms with van der Waals surface area (Å²) in [6.45, 7) is 5.16. The molecule has 1 aliphatic carbocycles. The summed E-state index contributed by atoms with van der Waals surface area (Å²) in [5.74, 6) is 1.11. The van der Waals surface area contributed by atoms with Gasteiger partial charge in [-0.3, -0.25) is 9.59 Å². The van der Waals surface area contributed by atoms with Crippen LogP contribution in [0.25, 0.3) is 0 Å². The molecule has 1 unspecified atom stereocenters. The zero-order chi connectivity index (χ0) is 19.1. The summed E-state index contributed by atoms with van der Waals surface area (Å²) in [6.07, 6.45) is 6.36. The van der Waals surface area contributed by atoms with Crippen LogP contribution in [-0.4, -0.2) is 54.7 Å². The molecule has 1 heterocycles. The van der Waals surface area contributed by atoms with E-state index in [1.165, 1.54) is 43.9 Å². The molecule has 5 nitrogen and oxygen atoms in total. The van der Waals surface area contributed by atoms with E-state index in [2.05, 4.69) is 17.6 Å². The van der Waals surface area contributed by atoms with Crippen LogP contribution >= 0.6 is 11.8 Å². The van der Waals surface area contributed by atoms with Gasteiger partial charge >= 0.3 is 0 Å². The van der Waals surface area contributed by atoms with Crippen LogP contribution < -0.4 is 10.6 Å². The summed E-state index contributed by atoms with van der Waals surface area (Å²) in [6, 6.07) is 7.95. The SMILES string of the molecule is CC1CN(C(=O)c2ccccc2SCC(=O)NCC2CCCCC2)CCN1. The fourth-order valence-electron chi connectivity index (χ4n) is 3.90. The minimum atomic E-state index is 0.0589. The predicted molar refractivity (Wildman–Crippen MR) is 110 cm³/mol. The molecule has 3 rings (SSSR count). The number of benzene rings is 1. The van der Waals surface area contributed by atoms with Crippen molar-refractivity contribution in [3.63, 3.8) is 0 Å². The fraction of sp³-hybridized carbons (Fsp3) is 0.619. The molecule has 2 N–H and O–H groups in total. The molecule has 1 atom stereocenters. The van der Waals surface area contributed by atoms with E-state index >= 15 is 0 Å². The molecular formula is C21H31N3O2S. The maximum absolute atomic E-state index is 12.9. The molecule has 0 radical (unpaired) electrons. The van der Waals surface area contributed by atoms with Gasteiger partial charge in [0.2, 0.25) is 5.91 Å². The average molecular weight is 390 g/mol.